The van der Waals surface area contributed by atoms with Crippen LogP contribution in [-0.2, 0) is 14.8 Å². The van der Waals surface area contributed by atoms with E-state index in [1.165, 1.54) is 37.4 Å². The SMILES string of the molecule is COc1ccc(Cl)cc1S(=O)(=O)Nc1cc(C(=O)O)ccc1N1CCN(CCC#N)CC1.O=C(O)C(F)(F)F. The lowest BCUT2D eigenvalue weighted by molar-refractivity contribution is -0.192. The number of carboxylic acids is 2. The Morgan fingerprint density at radius 2 is 1.74 bits per heavy atom. The Morgan fingerprint density at radius 1 is 1.13 bits per heavy atom. The molecule has 0 amide bonds. The summed E-state index contributed by atoms with van der Waals surface area (Å²) < 4.78 is 65.7. The molecule has 2 aromatic rings. The minimum absolute atomic E-state index is 0.0443. The maximum atomic E-state index is 13.2. The lowest BCUT2D eigenvalue weighted by Gasteiger charge is -2.36. The van der Waals surface area contributed by atoms with Crippen LogP contribution in [0.3, 0.4) is 0 Å². The van der Waals surface area contributed by atoms with Crippen molar-refractivity contribution >= 4 is 44.9 Å². The molecule has 1 aliphatic rings. The number of nitriles is 1. The van der Waals surface area contributed by atoms with Crippen molar-refractivity contribution in [2.24, 2.45) is 0 Å². The molecule has 1 aliphatic heterocycles. The van der Waals surface area contributed by atoms with Gasteiger partial charge in [-0.1, -0.05) is 11.6 Å². The molecule has 0 unspecified atom stereocenters. The first-order valence-electron chi connectivity index (χ1n) is 11.1. The fourth-order valence-corrected chi connectivity index (χ4v) is 5.01. The first-order valence-corrected chi connectivity index (χ1v) is 12.9. The molecule has 0 saturated carbocycles. The van der Waals surface area contributed by atoms with E-state index in [0.29, 0.717) is 44.8 Å². The second-order valence-corrected chi connectivity index (χ2v) is 10.1. The van der Waals surface area contributed by atoms with Gasteiger partial charge in [-0.2, -0.15) is 18.4 Å². The van der Waals surface area contributed by atoms with E-state index in [2.05, 4.69) is 15.7 Å². The quantitative estimate of drug-likeness (QED) is 0.414. The summed E-state index contributed by atoms with van der Waals surface area (Å²) in [7, 11) is -2.78. The van der Waals surface area contributed by atoms with Crippen LogP contribution in [0.15, 0.2) is 41.3 Å². The number of anilines is 2. The van der Waals surface area contributed by atoms with E-state index < -0.39 is 28.1 Å². The van der Waals surface area contributed by atoms with Crippen LogP contribution >= 0.6 is 11.6 Å². The number of halogens is 4. The summed E-state index contributed by atoms with van der Waals surface area (Å²) in [5.41, 5.74) is 0.675. The average Bonchev–Trinajstić information content (AvgIpc) is 2.87. The van der Waals surface area contributed by atoms with Crippen LogP contribution in [0.2, 0.25) is 5.02 Å². The van der Waals surface area contributed by atoms with Crippen LogP contribution in [0.1, 0.15) is 16.8 Å². The molecule has 3 N–H and O–H groups in total. The van der Waals surface area contributed by atoms with Gasteiger partial charge in [0.05, 0.1) is 30.1 Å². The molecule has 0 aromatic heterocycles. The van der Waals surface area contributed by atoms with Crippen LogP contribution in [0.5, 0.6) is 5.75 Å². The van der Waals surface area contributed by atoms with Gasteiger partial charge >= 0.3 is 18.1 Å². The Morgan fingerprint density at radius 3 is 2.26 bits per heavy atom. The lowest BCUT2D eigenvalue weighted by Crippen LogP contribution is -2.46. The topological polar surface area (TPSA) is 160 Å². The normalized spacial score (nSPS) is 14.0. The summed E-state index contributed by atoms with van der Waals surface area (Å²) in [6, 6.07) is 10.7. The second kappa shape index (κ2) is 13.4. The lowest BCUT2D eigenvalue weighted by atomic mass is 10.1. The maximum absolute atomic E-state index is 13.2. The fraction of sp³-hybridized carbons (Fsp3) is 0.348. The van der Waals surface area contributed by atoms with Gasteiger partial charge in [-0.05, 0) is 36.4 Å². The highest BCUT2D eigenvalue weighted by Gasteiger charge is 2.38. The highest BCUT2D eigenvalue weighted by Crippen LogP contribution is 2.33. The standard InChI is InChI=1S/C21H23ClN4O5S.C2HF3O2/c1-31-19-6-4-16(22)14-20(19)32(29,30)24-17-13-15(21(27)28)3-5-18(17)26-11-9-25(10-12-26)8-2-7-23;3-2(4,5)1(6)7/h3-6,13-14,24H,2,8-12H2,1H3,(H,27,28);(H,6,7). The van der Waals surface area contributed by atoms with Crippen molar-refractivity contribution in [1.29, 1.82) is 5.26 Å². The minimum atomic E-state index is -5.08. The largest absolute Gasteiger partial charge is 0.495 e. The van der Waals surface area contributed by atoms with Crippen LogP contribution in [0.4, 0.5) is 24.5 Å². The number of carbonyl (C=O) groups is 2. The highest BCUT2D eigenvalue weighted by molar-refractivity contribution is 7.92. The zero-order valence-electron chi connectivity index (χ0n) is 20.4. The van der Waals surface area contributed by atoms with Crippen molar-refractivity contribution in [1.82, 2.24) is 4.90 Å². The Balaban J connectivity index is 0.000000673. The van der Waals surface area contributed by atoms with E-state index in [9.17, 15) is 31.5 Å². The maximum Gasteiger partial charge on any atom is 0.490 e. The van der Waals surface area contributed by atoms with E-state index >= 15 is 0 Å². The van der Waals surface area contributed by atoms with Gasteiger partial charge in [-0.25, -0.2) is 18.0 Å². The molecule has 3 rings (SSSR count). The van der Waals surface area contributed by atoms with Crippen molar-refractivity contribution in [2.75, 3.05) is 49.5 Å². The van der Waals surface area contributed by atoms with E-state index in [-0.39, 0.29) is 26.9 Å². The smallest absolute Gasteiger partial charge is 0.490 e. The third kappa shape index (κ3) is 8.91. The molecule has 1 saturated heterocycles. The van der Waals surface area contributed by atoms with Crippen LogP contribution < -0.4 is 14.4 Å². The van der Waals surface area contributed by atoms with Gasteiger partial charge in [0.1, 0.15) is 10.6 Å². The van der Waals surface area contributed by atoms with Gasteiger partial charge in [0.15, 0.2) is 0 Å². The number of carboxylic acid groups (broad SMARTS) is 2. The number of sulfonamides is 1. The fourth-order valence-electron chi connectivity index (χ4n) is 3.51. The average molecular weight is 593 g/mol. The second-order valence-electron chi connectivity index (χ2n) is 7.98. The number of methoxy groups -OCH3 is 1. The first kappa shape index (κ1) is 31.5. The third-order valence-electron chi connectivity index (χ3n) is 5.40. The van der Waals surface area contributed by atoms with Crippen molar-refractivity contribution in [3.8, 4) is 11.8 Å². The molecule has 2 aromatic carbocycles. The number of piperazine rings is 1. The zero-order valence-corrected chi connectivity index (χ0v) is 22.0. The number of nitrogens with one attached hydrogen (secondary N) is 1. The molecular weight excluding hydrogens is 569 g/mol. The van der Waals surface area contributed by atoms with E-state index in [4.69, 9.17) is 31.5 Å². The number of aromatic carboxylic acids is 1. The van der Waals surface area contributed by atoms with Crippen molar-refractivity contribution in [3.05, 3.63) is 47.0 Å². The van der Waals surface area contributed by atoms with Gasteiger partial charge in [-0.15, -0.1) is 0 Å². The Kier molecular flexibility index (Phi) is 10.8. The van der Waals surface area contributed by atoms with E-state index in [1.54, 1.807) is 6.07 Å². The summed E-state index contributed by atoms with van der Waals surface area (Å²) in [6.45, 7) is 3.30. The molecule has 0 atom stereocenters. The summed E-state index contributed by atoms with van der Waals surface area (Å²) >= 11 is 5.99. The van der Waals surface area contributed by atoms with Gasteiger partial charge < -0.3 is 19.8 Å². The Hall–Kier alpha value is -3.74. The van der Waals surface area contributed by atoms with Gasteiger partial charge in [-0.3, -0.25) is 9.62 Å². The van der Waals surface area contributed by atoms with Crippen molar-refractivity contribution in [3.63, 3.8) is 0 Å². The number of hydrogen-bond acceptors (Lipinski definition) is 8. The zero-order chi connectivity index (χ0) is 29.4. The summed E-state index contributed by atoms with van der Waals surface area (Å²) in [6.07, 6.45) is -4.64. The first-order chi connectivity index (χ1) is 18.2. The van der Waals surface area contributed by atoms with Crippen LogP contribution in [0, 0.1) is 11.3 Å². The third-order valence-corrected chi connectivity index (χ3v) is 7.02. The van der Waals surface area contributed by atoms with Crippen LogP contribution in [0.25, 0.3) is 0 Å². The number of aliphatic carboxylic acids is 1. The molecular formula is C23H24ClF3N4O7S. The van der Waals surface area contributed by atoms with E-state index in [0.717, 1.165) is 0 Å². The number of ether oxygens (including phenoxy) is 1. The number of nitrogens with zero attached hydrogens (tertiary/aromatic N) is 3. The summed E-state index contributed by atoms with van der Waals surface area (Å²) in [5, 5.41) is 25.5. The highest BCUT2D eigenvalue weighted by atomic mass is 35.5. The molecule has 16 heteroatoms. The summed E-state index contributed by atoms with van der Waals surface area (Å²) in [5.74, 6) is -3.81. The monoisotopic (exact) mass is 592 g/mol. The predicted molar refractivity (Wildman–Crippen MR) is 135 cm³/mol. The van der Waals surface area contributed by atoms with Crippen molar-refractivity contribution < 1.29 is 46.1 Å². The predicted octanol–water partition coefficient (Wildman–Crippen LogP) is 3.52. The molecule has 1 fully saturated rings. The van der Waals surface area contributed by atoms with Gasteiger partial charge in [0.2, 0.25) is 0 Å². The molecule has 0 aliphatic carbocycles. The molecule has 0 radical (unpaired) electrons. The molecule has 212 valence electrons. The number of rotatable bonds is 8. The molecule has 0 spiro atoms. The van der Waals surface area contributed by atoms with Crippen LogP contribution in [-0.4, -0.2) is 81.5 Å². The van der Waals surface area contributed by atoms with Gasteiger partial charge in [0, 0.05) is 44.2 Å². The number of benzene rings is 2. The van der Waals surface area contributed by atoms with Crippen molar-refractivity contribution in [2.45, 2.75) is 17.5 Å². The Labute approximate surface area is 227 Å². The molecule has 39 heavy (non-hydrogen) atoms. The molecule has 11 nitrogen and oxygen atoms in total. The van der Waals surface area contributed by atoms with Gasteiger partial charge in [0.25, 0.3) is 10.0 Å². The molecule has 0 bridgehead atoms. The minimum Gasteiger partial charge on any atom is -0.495 e. The number of hydrogen-bond donors (Lipinski definition) is 3. The Bertz CT molecular complexity index is 1340. The van der Waals surface area contributed by atoms with E-state index in [1.807, 2.05) is 4.90 Å². The summed E-state index contributed by atoms with van der Waals surface area (Å²) in [4.78, 5) is 24.4. The molecule has 1 heterocycles. The number of alkyl halides is 3.